The Balaban J connectivity index is 1.48. The van der Waals surface area contributed by atoms with Gasteiger partial charge in [0.15, 0.2) is 0 Å². The summed E-state index contributed by atoms with van der Waals surface area (Å²) < 4.78 is 5.33. The Labute approximate surface area is 144 Å². The SMILES string of the molecule is CC(C)(C)OC(=O)NC1CCN(c2cc(CC3CC3)ncn2)CC1. The number of amides is 1. The van der Waals surface area contributed by atoms with Crippen LogP contribution in [-0.4, -0.2) is 40.8 Å². The largest absolute Gasteiger partial charge is 0.444 e. The molecule has 0 aromatic carbocycles. The van der Waals surface area contributed by atoms with Crippen molar-refractivity contribution in [2.75, 3.05) is 18.0 Å². The van der Waals surface area contributed by atoms with Crippen molar-refractivity contribution in [2.24, 2.45) is 5.92 Å². The van der Waals surface area contributed by atoms with E-state index in [4.69, 9.17) is 4.74 Å². The minimum Gasteiger partial charge on any atom is -0.444 e. The van der Waals surface area contributed by atoms with E-state index in [9.17, 15) is 4.79 Å². The fourth-order valence-electron chi connectivity index (χ4n) is 3.02. The fourth-order valence-corrected chi connectivity index (χ4v) is 3.02. The maximum absolute atomic E-state index is 11.9. The van der Waals surface area contributed by atoms with E-state index < -0.39 is 5.60 Å². The van der Waals surface area contributed by atoms with Gasteiger partial charge in [-0.3, -0.25) is 0 Å². The van der Waals surface area contributed by atoms with Crippen LogP contribution in [0.4, 0.5) is 10.6 Å². The number of carbonyl (C=O) groups excluding carboxylic acids is 1. The standard InChI is InChI=1S/C18H28N4O2/c1-18(2,3)24-17(23)21-14-6-8-22(9-7-14)16-11-15(19-12-20-16)10-13-4-5-13/h11-14H,4-10H2,1-3H3,(H,21,23). The van der Waals surface area contributed by atoms with Gasteiger partial charge in [-0.2, -0.15) is 0 Å². The van der Waals surface area contributed by atoms with E-state index in [1.54, 1.807) is 6.33 Å². The van der Waals surface area contributed by atoms with Crippen LogP contribution in [0, 0.1) is 5.92 Å². The van der Waals surface area contributed by atoms with Crippen LogP contribution in [0.5, 0.6) is 0 Å². The maximum atomic E-state index is 11.9. The molecule has 1 saturated heterocycles. The second-order valence-corrected chi connectivity index (χ2v) is 7.92. The number of alkyl carbamates (subject to hydrolysis) is 1. The molecule has 1 aliphatic heterocycles. The highest BCUT2D eigenvalue weighted by molar-refractivity contribution is 5.68. The first kappa shape index (κ1) is 17.0. The first-order chi connectivity index (χ1) is 11.4. The molecule has 0 atom stereocenters. The molecule has 24 heavy (non-hydrogen) atoms. The van der Waals surface area contributed by atoms with Crippen molar-refractivity contribution in [1.29, 1.82) is 0 Å². The molecule has 6 heteroatoms. The zero-order chi connectivity index (χ0) is 17.2. The Morgan fingerprint density at radius 2 is 1.96 bits per heavy atom. The first-order valence-electron chi connectivity index (χ1n) is 8.94. The zero-order valence-electron chi connectivity index (χ0n) is 14.9. The molecule has 1 aliphatic carbocycles. The van der Waals surface area contributed by atoms with Crippen LogP contribution in [-0.2, 0) is 11.2 Å². The third kappa shape index (κ3) is 5.08. The van der Waals surface area contributed by atoms with Crippen LogP contribution in [0.15, 0.2) is 12.4 Å². The second-order valence-electron chi connectivity index (χ2n) is 7.92. The number of ether oxygens (including phenoxy) is 1. The molecule has 0 radical (unpaired) electrons. The van der Waals surface area contributed by atoms with E-state index in [2.05, 4.69) is 26.3 Å². The molecule has 2 heterocycles. The van der Waals surface area contributed by atoms with E-state index in [0.717, 1.165) is 49.8 Å². The Hall–Kier alpha value is -1.85. The zero-order valence-corrected chi connectivity index (χ0v) is 14.9. The molecular weight excluding hydrogens is 304 g/mol. The molecule has 1 N–H and O–H groups in total. The van der Waals surface area contributed by atoms with Crippen molar-refractivity contribution in [1.82, 2.24) is 15.3 Å². The number of carbonyl (C=O) groups is 1. The molecule has 132 valence electrons. The molecule has 2 aliphatic rings. The molecule has 1 saturated carbocycles. The van der Waals surface area contributed by atoms with Gasteiger partial charge in [0.2, 0.25) is 0 Å². The van der Waals surface area contributed by atoms with Crippen LogP contribution in [0.2, 0.25) is 0 Å². The summed E-state index contributed by atoms with van der Waals surface area (Å²) >= 11 is 0. The topological polar surface area (TPSA) is 67.3 Å². The van der Waals surface area contributed by atoms with Gasteiger partial charge in [0, 0.05) is 30.9 Å². The van der Waals surface area contributed by atoms with E-state index in [-0.39, 0.29) is 12.1 Å². The van der Waals surface area contributed by atoms with Crippen molar-refractivity contribution >= 4 is 11.9 Å². The maximum Gasteiger partial charge on any atom is 0.407 e. The lowest BCUT2D eigenvalue weighted by molar-refractivity contribution is 0.0497. The summed E-state index contributed by atoms with van der Waals surface area (Å²) in [7, 11) is 0. The Morgan fingerprint density at radius 3 is 2.58 bits per heavy atom. The van der Waals surface area contributed by atoms with Crippen LogP contribution in [0.3, 0.4) is 0 Å². The summed E-state index contributed by atoms with van der Waals surface area (Å²) in [6.07, 6.45) is 6.91. The van der Waals surface area contributed by atoms with Gasteiger partial charge in [0.05, 0.1) is 0 Å². The average molecular weight is 332 g/mol. The lowest BCUT2D eigenvalue weighted by atomic mass is 10.1. The summed E-state index contributed by atoms with van der Waals surface area (Å²) in [6.45, 7) is 7.41. The smallest absolute Gasteiger partial charge is 0.407 e. The predicted molar refractivity (Wildman–Crippen MR) is 93.1 cm³/mol. The first-order valence-corrected chi connectivity index (χ1v) is 8.94. The number of nitrogens with zero attached hydrogens (tertiary/aromatic N) is 3. The van der Waals surface area contributed by atoms with Crippen LogP contribution in [0.25, 0.3) is 0 Å². The number of anilines is 1. The van der Waals surface area contributed by atoms with E-state index >= 15 is 0 Å². The monoisotopic (exact) mass is 332 g/mol. The Kier molecular flexibility index (Phi) is 4.92. The molecule has 1 amide bonds. The molecule has 0 unspecified atom stereocenters. The number of hydrogen-bond donors (Lipinski definition) is 1. The third-order valence-corrected chi connectivity index (χ3v) is 4.44. The molecule has 1 aromatic heterocycles. The molecule has 0 spiro atoms. The summed E-state index contributed by atoms with van der Waals surface area (Å²) in [5, 5.41) is 2.97. The normalized spacial score (nSPS) is 19.2. The van der Waals surface area contributed by atoms with E-state index in [1.165, 1.54) is 12.8 Å². The Bertz CT molecular complexity index is 573. The number of hydrogen-bond acceptors (Lipinski definition) is 5. The number of nitrogens with one attached hydrogen (secondary N) is 1. The lowest BCUT2D eigenvalue weighted by Crippen LogP contribution is -2.46. The van der Waals surface area contributed by atoms with Gasteiger partial charge in [-0.15, -0.1) is 0 Å². The molecule has 0 bridgehead atoms. The molecule has 6 nitrogen and oxygen atoms in total. The fraction of sp³-hybridized carbons (Fsp3) is 0.722. The highest BCUT2D eigenvalue weighted by Crippen LogP contribution is 2.32. The van der Waals surface area contributed by atoms with Gasteiger partial charge in [0.1, 0.15) is 17.7 Å². The van der Waals surface area contributed by atoms with Crippen molar-refractivity contribution in [2.45, 2.75) is 64.5 Å². The number of aromatic nitrogens is 2. The minimum absolute atomic E-state index is 0.170. The van der Waals surface area contributed by atoms with Gasteiger partial charge < -0.3 is 15.0 Å². The van der Waals surface area contributed by atoms with E-state index in [0.29, 0.717) is 0 Å². The van der Waals surface area contributed by atoms with Gasteiger partial charge in [0.25, 0.3) is 0 Å². The second kappa shape index (κ2) is 6.95. The predicted octanol–water partition coefficient (Wildman–Crippen LogP) is 2.92. The average Bonchev–Trinajstić information content (AvgIpc) is 3.30. The molecule has 2 fully saturated rings. The van der Waals surface area contributed by atoms with Crippen molar-refractivity contribution in [3.63, 3.8) is 0 Å². The summed E-state index contributed by atoms with van der Waals surface area (Å²) in [5.41, 5.74) is 0.695. The van der Waals surface area contributed by atoms with Gasteiger partial charge in [-0.1, -0.05) is 0 Å². The number of piperidine rings is 1. The molecule has 3 rings (SSSR count). The Morgan fingerprint density at radius 1 is 1.25 bits per heavy atom. The quantitative estimate of drug-likeness (QED) is 0.918. The number of rotatable bonds is 4. The van der Waals surface area contributed by atoms with Gasteiger partial charge in [-0.25, -0.2) is 14.8 Å². The van der Waals surface area contributed by atoms with Crippen LogP contribution in [0.1, 0.15) is 52.1 Å². The van der Waals surface area contributed by atoms with Gasteiger partial charge in [-0.05, 0) is 58.8 Å². The molecular formula is C18H28N4O2. The highest BCUT2D eigenvalue weighted by atomic mass is 16.6. The summed E-state index contributed by atoms with van der Waals surface area (Å²) in [4.78, 5) is 23.0. The van der Waals surface area contributed by atoms with Crippen LogP contribution < -0.4 is 10.2 Å². The minimum atomic E-state index is -0.455. The summed E-state index contributed by atoms with van der Waals surface area (Å²) in [5.74, 6) is 1.84. The van der Waals surface area contributed by atoms with Crippen molar-refractivity contribution < 1.29 is 9.53 Å². The van der Waals surface area contributed by atoms with Crippen molar-refractivity contribution in [3.05, 3.63) is 18.1 Å². The third-order valence-electron chi connectivity index (χ3n) is 4.44. The lowest BCUT2D eigenvalue weighted by Gasteiger charge is -2.33. The van der Waals surface area contributed by atoms with E-state index in [1.807, 2.05) is 20.8 Å². The summed E-state index contributed by atoms with van der Waals surface area (Å²) in [6, 6.07) is 2.30. The highest BCUT2D eigenvalue weighted by Gasteiger charge is 2.25. The van der Waals surface area contributed by atoms with Crippen molar-refractivity contribution in [3.8, 4) is 0 Å². The molecule has 1 aromatic rings. The van der Waals surface area contributed by atoms with Crippen LogP contribution >= 0.6 is 0 Å². The van der Waals surface area contributed by atoms with Gasteiger partial charge >= 0.3 is 6.09 Å².